The second kappa shape index (κ2) is 7.77. The van der Waals surface area contributed by atoms with Gasteiger partial charge in [0.15, 0.2) is 0 Å². The number of nitrogens with zero attached hydrogens (tertiary/aromatic N) is 1. The highest BCUT2D eigenvalue weighted by atomic mass is 79.9. The van der Waals surface area contributed by atoms with Crippen LogP contribution in [0.25, 0.3) is 0 Å². The van der Waals surface area contributed by atoms with E-state index in [0.29, 0.717) is 6.54 Å². The van der Waals surface area contributed by atoms with Crippen LogP contribution in [0.15, 0.2) is 28.7 Å². The van der Waals surface area contributed by atoms with E-state index >= 15 is 0 Å². The molecule has 1 unspecified atom stereocenters. The molecule has 0 fully saturated rings. The quantitative estimate of drug-likeness (QED) is 0.919. The first-order valence-corrected chi connectivity index (χ1v) is 6.46. The summed E-state index contributed by atoms with van der Waals surface area (Å²) < 4.78 is 1.04. The van der Waals surface area contributed by atoms with E-state index in [0.717, 1.165) is 10.0 Å². The third kappa shape index (κ3) is 4.96. The number of amides is 1. The number of hydrogen-bond donors (Lipinski definition) is 1. The van der Waals surface area contributed by atoms with E-state index in [9.17, 15) is 4.79 Å². The normalized spacial score (nSPS) is 11.9. The zero-order chi connectivity index (χ0) is 13.0. The molecule has 0 aliphatic heterocycles. The molecule has 0 radical (unpaired) electrons. The van der Waals surface area contributed by atoms with Crippen LogP contribution in [0.4, 0.5) is 0 Å². The van der Waals surface area contributed by atoms with Gasteiger partial charge in [0, 0.05) is 18.1 Å². The molecule has 1 atom stereocenters. The van der Waals surface area contributed by atoms with E-state index < -0.39 is 6.04 Å². The minimum Gasteiger partial charge on any atom is -0.340 e. The van der Waals surface area contributed by atoms with Crippen LogP contribution in [0.3, 0.4) is 0 Å². The van der Waals surface area contributed by atoms with Crippen LogP contribution in [0.1, 0.15) is 19.4 Å². The molecule has 0 saturated heterocycles. The van der Waals surface area contributed by atoms with E-state index in [1.54, 1.807) is 11.9 Å². The first-order valence-electron chi connectivity index (χ1n) is 5.67. The largest absolute Gasteiger partial charge is 0.340 e. The maximum Gasteiger partial charge on any atom is 0.239 e. The fraction of sp³-hybridized carbons (Fsp3) is 0.462. The summed E-state index contributed by atoms with van der Waals surface area (Å²) in [5, 5.41) is 0. The van der Waals surface area contributed by atoms with Crippen molar-refractivity contribution in [3.63, 3.8) is 0 Å². The van der Waals surface area contributed by atoms with Crippen LogP contribution >= 0.6 is 28.3 Å². The van der Waals surface area contributed by atoms with Crippen molar-refractivity contribution in [1.82, 2.24) is 4.90 Å². The number of carbonyl (C=O) groups excluding carboxylic acids is 1. The van der Waals surface area contributed by atoms with Gasteiger partial charge in [-0.3, -0.25) is 4.79 Å². The third-order valence-electron chi connectivity index (χ3n) is 2.71. The summed E-state index contributed by atoms with van der Waals surface area (Å²) in [6.07, 6.45) is 0. The van der Waals surface area contributed by atoms with Crippen molar-refractivity contribution in [2.45, 2.75) is 26.4 Å². The molecule has 0 aliphatic rings. The molecular weight excluding hydrogens is 316 g/mol. The summed E-state index contributed by atoms with van der Waals surface area (Å²) in [5.74, 6) is 0.151. The highest BCUT2D eigenvalue weighted by molar-refractivity contribution is 9.10. The standard InChI is InChI=1S/C13H19BrN2O.ClH/c1-9(2)12(15)13(17)16(3)8-10-4-6-11(14)7-5-10;/h4-7,9,12H,8,15H2,1-3H3;1H. The van der Waals surface area contributed by atoms with Crippen LogP contribution in [0.2, 0.25) is 0 Å². The molecule has 102 valence electrons. The van der Waals surface area contributed by atoms with Crippen LogP contribution in [0.5, 0.6) is 0 Å². The Kier molecular flexibility index (Phi) is 7.52. The maximum absolute atomic E-state index is 11.9. The fourth-order valence-corrected chi connectivity index (χ4v) is 1.75. The maximum atomic E-state index is 11.9. The van der Waals surface area contributed by atoms with Crippen molar-refractivity contribution in [3.8, 4) is 0 Å². The molecule has 0 spiro atoms. The zero-order valence-corrected chi connectivity index (χ0v) is 13.3. The Morgan fingerprint density at radius 3 is 2.28 bits per heavy atom. The van der Waals surface area contributed by atoms with E-state index in [4.69, 9.17) is 5.73 Å². The fourth-order valence-electron chi connectivity index (χ4n) is 1.48. The third-order valence-corrected chi connectivity index (χ3v) is 3.24. The molecule has 2 N–H and O–H groups in total. The number of benzene rings is 1. The lowest BCUT2D eigenvalue weighted by molar-refractivity contribution is -0.132. The average Bonchev–Trinajstić information content (AvgIpc) is 2.30. The lowest BCUT2D eigenvalue weighted by Crippen LogP contribution is -2.44. The zero-order valence-electron chi connectivity index (χ0n) is 10.9. The monoisotopic (exact) mass is 334 g/mol. The molecule has 1 aromatic rings. The smallest absolute Gasteiger partial charge is 0.239 e. The van der Waals surface area contributed by atoms with Crippen LogP contribution in [0, 0.1) is 5.92 Å². The average molecular weight is 336 g/mol. The predicted molar refractivity (Wildman–Crippen MR) is 80.7 cm³/mol. The molecule has 1 amide bonds. The Morgan fingerprint density at radius 1 is 1.33 bits per heavy atom. The predicted octanol–water partition coefficient (Wildman–Crippen LogP) is 2.81. The second-order valence-corrected chi connectivity index (χ2v) is 5.51. The number of carbonyl (C=O) groups is 1. The minimum absolute atomic E-state index is 0. The van der Waals surface area contributed by atoms with Gasteiger partial charge < -0.3 is 10.6 Å². The van der Waals surface area contributed by atoms with Crippen molar-refractivity contribution in [3.05, 3.63) is 34.3 Å². The Morgan fingerprint density at radius 2 is 1.83 bits per heavy atom. The summed E-state index contributed by atoms with van der Waals surface area (Å²) in [4.78, 5) is 13.6. The first-order chi connectivity index (χ1) is 7.91. The molecule has 0 bridgehead atoms. The van der Waals surface area contributed by atoms with Gasteiger partial charge in [0.1, 0.15) is 0 Å². The Balaban J connectivity index is 0.00000289. The van der Waals surface area contributed by atoms with Crippen molar-refractivity contribution in [2.75, 3.05) is 7.05 Å². The molecule has 0 saturated carbocycles. The molecular formula is C13H20BrClN2O. The first kappa shape index (κ1) is 17.4. The van der Waals surface area contributed by atoms with Crippen molar-refractivity contribution in [1.29, 1.82) is 0 Å². The number of likely N-dealkylation sites (N-methyl/N-ethyl adjacent to an activating group) is 1. The summed E-state index contributed by atoms with van der Waals surface area (Å²) in [6.45, 7) is 4.50. The van der Waals surface area contributed by atoms with Crippen molar-refractivity contribution in [2.24, 2.45) is 11.7 Å². The molecule has 18 heavy (non-hydrogen) atoms. The van der Waals surface area contributed by atoms with Gasteiger partial charge in [-0.25, -0.2) is 0 Å². The summed E-state index contributed by atoms with van der Waals surface area (Å²) in [6, 6.07) is 7.51. The van der Waals surface area contributed by atoms with Gasteiger partial charge >= 0.3 is 0 Å². The second-order valence-electron chi connectivity index (χ2n) is 4.59. The number of hydrogen-bond acceptors (Lipinski definition) is 2. The number of rotatable bonds is 4. The Bertz CT molecular complexity index is 381. The Labute approximate surface area is 123 Å². The lowest BCUT2D eigenvalue weighted by atomic mass is 10.0. The highest BCUT2D eigenvalue weighted by Crippen LogP contribution is 2.12. The molecule has 1 rings (SSSR count). The summed E-state index contributed by atoms with van der Waals surface area (Å²) in [5.41, 5.74) is 6.94. The van der Waals surface area contributed by atoms with E-state index in [2.05, 4.69) is 15.9 Å². The molecule has 0 heterocycles. The topological polar surface area (TPSA) is 46.3 Å². The molecule has 5 heteroatoms. The van der Waals surface area contributed by atoms with Crippen LogP contribution in [-0.2, 0) is 11.3 Å². The van der Waals surface area contributed by atoms with Gasteiger partial charge in [-0.1, -0.05) is 41.9 Å². The van der Waals surface area contributed by atoms with Gasteiger partial charge in [0.2, 0.25) is 5.91 Å². The lowest BCUT2D eigenvalue weighted by Gasteiger charge is -2.23. The molecule has 3 nitrogen and oxygen atoms in total. The van der Waals surface area contributed by atoms with E-state index in [1.165, 1.54) is 0 Å². The van der Waals surface area contributed by atoms with Gasteiger partial charge in [-0.05, 0) is 23.6 Å². The summed E-state index contributed by atoms with van der Waals surface area (Å²) >= 11 is 3.38. The number of halogens is 2. The van der Waals surface area contributed by atoms with E-state index in [-0.39, 0.29) is 24.2 Å². The number of nitrogens with two attached hydrogens (primary N) is 1. The van der Waals surface area contributed by atoms with Gasteiger partial charge in [0.25, 0.3) is 0 Å². The van der Waals surface area contributed by atoms with Crippen molar-refractivity contribution >= 4 is 34.2 Å². The van der Waals surface area contributed by atoms with Crippen LogP contribution in [-0.4, -0.2) is 23.9 Å². The van der Waals surface area contributed by atoms with Crippen LogP contribution < -0.4 is 5.73 Å². The van der Waals surface area contributed by atoms with Crippen molar-refractivity contribution < 1.29 is 4.79 Å². The van der Waals surface area contributed by atoms with Gasteiger partial charge in [-0.2, -0.15) is 0 Å². The highest BCUT2D eigenvalue weighted by Gasteiger charge is 2.20. The summed E-state index contributed by atoms with van der Waals surface area (Å²) in [7, 11) is 1.78. The molecule has 0 aromatic heterocycles. The van der Waals surface area contributed by atoms with E-state index in [1.807, 2.05) is 38.1 Å². The van der Waals surface area contributed by atoms with Gasteiger partial charge in [-0.15, -0.1) is 12.4 Å². The molecule has 1 aromatic carbocycles. The SMILES string of the molecule is CC(C)C(N)C(=O)N(C)Cc1ccc(Br)cc1.Cl. The Hall–Kier alpha value is -0.580. The van der Waals surface area contributed by atoms with Gasteiger partial charge in [0.05, 0.1) is 6.04 Å². The molecule has 0 aliphatic carbocycles. The minimum atomic E-state index is -0.421.